The van der Waals surface area contributed by atoms with Crippen LogP contribution in [0.25, 0.3) is 0 Å². The summed E-state index contributed by atoms with van der Waals surface area (Å²) < 4.78 is 33.6. The minimum absolute atomic E-state index is 0.220. The van der Waals surface area contributed by atoms with Crippen molar-refractivity contribution < 1.29 is 22.7 Å². The van der Waals surface area contributed by atoms with Crippen LogP contribution in [0.4, 0.5) is 0 Å². The number of rotatable bonds is 4. The normalized spacial score (nSPS) is 19.8. The molecule has 0 aromatic heterocycles. The minimum Gasteiger partial charge on any atom is -0.452 e. The lowest BCUT2D eigenvalue weighted by molar-refractivity contribution is -0.159. The van der Waals surface area contributed by atoms with Crippen molar-refractivity contribution in [1.29, 1.82) is 0 Å². The Kier molecular flexibility index (Phi) is 5.50. The van der Waals surface area contributed by atoms with Crippen molar-refractivity contribution in [2.24, 2.45) is 10.3 Å². The first-order valence-corrected chi connectivity index (χ1v) is 10.4. The van der Waals surface area contributed by atoms with Gasteiger partial charge in [-0.1, -0.05) is 12.1 Å². The van der Waals surface area contributed by atoms with Crippen molar-refractivity contribution in [1.82, 2.24) is 10.2 Å². The maximum Gasteiger partial charge on any atom is 0.309 e. The molecular weight excluding hydrogens is 370 g/mol. The van der Waals surface area contributed by atoms with Crippen LogP contribution in [0.5, 0.6) is 0 Å². The van der Waals surface area contributed by atoms with E-state index < -0.39 is 22.1 Å². The summed E-state index contributed by atoms with van der Waals surface area (Å²) in [7, 11) is -3.65. The second kappa shape index (κ2) is 7.67. The lowest BCUT2D eigenvalue weighted by Gasteiger charge is -2.32. The van der Waals surface area contributed by atoms with Gasteiger partial charge < -0.3 is 15.0 Å². The highest BCUT2D eigenvalue weighted by Gasteiger charge is 2.35. The van der Waals surface area contributed by atoms with Crippen LogP contribution in [0.1, 0.15) is 32.3 Å². The van der Waals surface area contributed by atoms with Crippen LogP contribution in [0.3, 0.4) is 0 Å². The van der Waals surface area contributed by atoms with Crippen LogP contribution in [0.15, 0.2) is 33.6 Å². The van der Waals surface area contributed by atoms with Crippen molar-refractivity contribution in [2.75, 3.05) is 19.6 Å². The number of likely N-dealkylation sites (N-methyl/N-ethyl adjacent to an activating group) is 1. The number of sulfonamides is 1. The van der Waals surface area contributed by atoms with Crippen LogP contribution < -0.4 is 5.32 Å². The van der Waals surface area contributed by atoms with Gasteiger partial charge in [0.15, 0.2) is 11.9 Å². The second-order valence-electron chi connectivity index (χ2n) is 6.62. The molecule has 0 saturated carbocycles. The molecule has 0 spiro atoms. The van der Waals surface area contributed by atoms with Crippen molar-refractivity contribution in [3.63, 3.8) is 0 Å². The topological polar surface area (TPSA) is 105 Å². The molecule has 2 aliphatic heterocycles. The first kappa shape index (κ1) is 19.3. The van der Waals surface area contributed by atoms with Crippen molar-refractivity contribution >= 4 is 27.7 Å². The molecule has 0 radical (unpaired) electrons. The summed E-state index contributed by atoms with van der Waals surface area (Å²) in [5.74, 6) is -0.583. The Morgan fingerprint density at radius 3 is 2.63 bits per heavy atom. The van der Waals surface area contributed by atoms with Gasteiger partial charge in [-0.25, -0.2) is 0 Å². The average Bonchev–Trinajstić information content (AvgIpc) is 2.93. The molecule has 1 aromatic carbocycles. The van der Waals surface area contributed by atoms with E-state index in [1.54, 1.807) is 38.1 Å². The summed E-state index contributed by atoms with van der Waals surface area (Å²) in [6.07, 6.45) is 0.205. The van der Waals surface area contributed by atoms with Gasteiger partial charge >= 0.3 is 5.97 Å². The summed E-state index contributed by atoms with van der Waals surface area (Å²) in [5, 5.41) is 2.62. The molecule has 1 N–H and O–H groups in total. The third kappa shape index (κ3) is 3.97. The summed E-state index contributed by atoms with van der Waals surface area (Å²) in [4.78, 5) is 26.1. The summed E-state index contributed by atoms with van der Waals surface area (Å²) in [6, 6.07) is 6.75. The molecular formula is C18H23N3O5S. The molecule has 8 nitrogen and oxygen atoms in total. The highest BCUT2D eigenvalue weighted by atomic mass is 32.2. The number of hydrogen-bond donors (Lipinski definition) is 1. The molecule has 146 valence electrons. The Hall–Kier alpha value is -2.42. The standard InChI is InChI=1S/C18H23N3O5S/c1-3-19-17(22)12(2)26-18(23)13-8-10-21(11-9-13)16-14-6-4-5-7-15(14)27(24,25)20-16/h4-7,12-13H,3,8-11H2,1-2H3,(H,19,22)/t12-/m1/s1. The number of carbonyl (C=O) groups excluding carboxylic acids is 2. The third-order valence-electron chi connectivity index (χ3n) is 4.75. The second-order valence-corrected chi connectivity index (χ2v) is 8.19. The van der Waals surface area contributed by atoms with E-state index >= 15 is 0 Å². The molecule has 0 unspecified atom stereocenters. The monoisotopic (exact) mass is 393 g/mol. The summed E-state index contributed by atoms with van der Waals surface area (Å²) in [5.41, 5.74) is 0.600. The maximum atomic E-state index is 12.3. The van der Waals surface area contributed by atoms with Crippen molar-refractivity contribution in [3.8, 4) is 0 Å². The van der Waals surface area contributed by atoms with Crippen LogP contribution >= 0.6 is 0 Å². The number of likely N-dealkylation sites (tertiary alicyclic amines) is 1. The van der Waals surface area contributed by atoms with E-state index in [0.717, 1.165) is 0 Å². The van der Waals surface area contributed by atoms with Gasteiger partial charge in [0.05, 0.1) is 5.92 Å². The zero-order chi connectivity index (χ0) is 19.6. The first-order valence-electron chi connectivity index (χ1n) is 9.01. The molecule has 0 bridgehead atoms. The maximum absolute atomic E-state index is 12.3. The predicted octanol–water partition coefficient (Wildman–Crippen LogP) is 0.915. The first-order chi connectivity index (χ1) is 12.8. The largest absolute Gasteiger partial charge is 0.452 e. The van der Waals surface area contributed by atoms with Crippen LogP contribution in [-0.2, 0) is 24.3 Å². The molecule has 1 fully saturated rings. The van der Waals surface area contributed by atoms with Crippen LogP contribution in [0.2, 0.25) is 0 Å². The highest BCUT2D eigenvalue weighted by molar-refractivity contribution is 7.90. The number of ether oxygens (including phenoxy) is 1. The van der Waals surface area contributed by atoms with Gasteiger partial charge in [-0.15, -0.1) is 4.40 Å². The van der Waals surface area contributed by atoms with E-state index in [4.69, 9.17) is 4.74 Å². The van der Waals surface area contributed by atoms with Gasteiger partial charge in [-0.05, 0) is 38.8 Å². The fourth-order valence-corrected chi connectivity index (χ4v) is 4.51. The van der Waals surface area contributed by atoms with E-state index in [1.807, 2.05) is 4.90 Å². The summed E-state index contributed by atoms with van der Waals surface area (Å²) in [6.45, 7) is 4.82. The Morgan fingerprint density at radius 2 is 1.96 bits per heavy atom. The van der Waals surface area contributed by atoms with Crippen LogP contribution in [-0.4, -0.2) is 56.8 Å². The molecule has 2 heterocycles. The fourth-order valence-electron chi connectivity index (χ4n) is 3.29. The molecule has 1 amide bonds. The zero-order valence-electron chi connectivity index (χ0n) is 15.3. The number of amidine groups is 1. The van der Waals surface area contributed by atoms with E-state index in [1.165, 1.54) is 0 Å². The number of esters is 1. The van der Waals surface area contributed by atoms with Crippen LogP contribution in [0, 0.1) is 5.92 Å². The number of nitrogens with one attached hydrogen (secondary N) is 1. The van der Waals surface area contributed by atoms with Gasteiger partial charge in [0.2, 0.25) is 0 Å². The smallest absolute Gasteiger partial charge is 0.309 e. The number of carbonyl (C=O) groups is 2. The number of piperidine rings is 1. The molecule has 1 aromatic rings. The van der Waals surface area contributed by atoms with E-state index in [-0.39, 0.29) is 16.7 Å². The van der Waals surface area contributed by atoms with Crippen molar-refractivity contribution in [2.45, 2.75) is 37.7 Å². The predicted molar refractivity (Wildman–Crippen MR) is 98.7 cm³/mol. The number of benzene rings is 1. The third-order valence-corrected chi connectivity index (χ3v) is 6.08. The lowest BCUT2D eigenvalue weighted by Crippen LogP contribution is -2.42. The Morgan fingerprint density at radius 1 is 1.30 bits per heavy atom. The molecule has 1 atom stereocenters. The average molecular weight is 393 g/mol. The molecule has 2 aliphatic rings. The molecule has 9 heteroatoms. The van der Waals surface area contributed by atoms with E-state index in [9.17, 15) is 18.0 Å². The zero-order valence-corrected chi connectivity index (χ0v) is 16.2. The molecule has 0 aliphatic carbocycles. The molecule has 27 heavy (non-hydrogen) atoms. The number of amides is 1. The number of fused-ring (bicyclic) bond motifs is 1. The highest BCUT2D eigenvalue weighted by Crippen LogP contribution is 2.30. The number of nitrogens with zero attached hydrogens (tertiary/aromatic N) is 2. The van der Waals surface area contributed by atoms with E-state index in [0.29, 0.717) is 43.9 Å². The Balaban J connectivity index is 1.62. The van der Waals surface area contributed by atoms with Gasteiger partial charge in [0.1, 0.15) is 4.90 Å². The van der Waals surface area contributed by atoms with Gasteiger partial charge in [0.25, 0.3) is 15.9 Å². The van der Waals surface area contributed by atoms with Gasteiger partial charge in [-0.2, -0.15) is 8.42 Å². The molecule has 1 saturated heterocycles. The van der Waals surface area contributed by atoms with Crippen molar-refractivity contribution in [3.05, 3.63) is 29.8 Å². The Labute approximate surface area is 158 Å². The van der Waals surface area contributed by atoms with E-state index in [2.05, 4.69) is 9.71 Å². The molecule has 3 rings (SSSR count). The minimum atomic E-state index is -3.65. The quantitative estimate of drug-likeness (QED) is 0.763. The SMILES string of the molecule is CCNC(=O)[C@@H](C)OC(=O)C1CCN(C2=NS(=O)(=O)c3ccccc32)CC1. The summed E-state index contributed by atoms with van der Waals surface area (Å²) >= 11 is 0. The van der Waals surface area contributed by atoms with Gasteiger partial charge in [-0.3, -0.25) is 9.59 Å². The Bertz CT molecular complexity index is 873. The van der Waals surface area contributed by atoms with Gasteiger partial charge in [0, 0.05) is 25.2 Å². The lowest BCUT2D eigenvalue weighted by atomic mass is 9.96. The fraction of sp³-hybridized carbons (Fsp3) is 0.500. The number of hydrogen-bond acceptors (Lipinski definition) is 6.